The second kappa shape index (κ2) is 11.6. The van der Waals surface area contributed by atoms with E-state index in [2.05, 4.69) is 20.5 Å². The number of aromatic nitrogens is 1. The van der Waals surface area contributed by atoms with Gasteiger partial charge in [-0.15, -0.1) is 11.8 Å². The van der Waals surface area contributed by atoms with Crippen molar-refractivity contribution in [3.8, 4) is 0 Å². The molecule has 0 radical (unpaired) electrons. The molecule has 1 aliphatic heterocycles. The molecule has 33 heavy (non-hydrogen) atoms. The number of carbonyl (C=O) groups is 2. The fraction of sp³-hybridized carbons (Fsp3) is 0.269. The number of pyridine rings is 1. The third-order valence-corrected chi connectivity index (χ3v) is 6.53. The third kappa shape index (κ3) is 7.17. The van der Waals surface area contributed by atoms with Gasteiger partial charge in [0.05, 0.1) is 17.5 Å². The Kier molecular flexibility index (Phi) is 8.11. The molecular weight excluding hydrogens is 432 g/mol. The molecule has 1 aromatic heterocycles. The Balaban J connectivity index is 1.26. The Labute approximate surface area is 198 Å². The Hall–Kier alpha value is -3.16. The van der Waals surface area contributed by atoms with Gasteiger partial charge in [-0.05, 0) is 61.3 Å². The van der Waals surface area contributed by atoms with Crippen LogP contribution in [0.2, 0.25) is 0 Å². The number of anilines is 2. The van der Waals surface area contributed by atoms with Gasteiger partial charge in [-0.3, -0.25) is 14.5 Å². The van der Waals surface area contributed by atoms with Gasteiger partial charge in [0, 0.05) is 29.9 Å². The first-order valence-electron chi connectivity index (χ1n) is 11.2. The summed E-state index contributed by atoms with van der Waals surface area (Å²) < 4.78 is 0. The summed E-state index contributed by atoms with van der Waals surface area (Å²) in [5.74, 6) is 0.627. The van der Waals surface area contributed by atoms with Gasteiger partial charge in [-0.25, -0.2) is 4.98 Å². The molecule has 1 unspecified atom stereocenters. The molecule has 1 atom stereocenters. The predicted octanol–water partition coefficient (Wildman–Crippen LogP) is 4.66. The number of hydrogen-bond acceptors (Lipinski definition) is 5. The van der Waals surface area contributed by atoms with Crippen molar-refractivity contribution in [1.82, 2.24) is 9.88 Å². The average Bonchev–Trinajstić information content (AvgIpc) is 2.84. The molecule has 1 fully saturated rings. The number of likely N-dealkylation sites (tertiary alicyclic amines) is 1. The Morgan fingerprint density at radius 1 is 0.970 bits per heavy atom. The van der Waals surface area contributed by atoms with E-state index in [1.807, 2.05) is 72.8 Å². The lowest BCUT2D eigenvalue weighted by molar-refractivity contribution is -0.123. The third-order valence-electron chi connectivity index (χ3n) is 5.52. The predicted molar refractivity (Wildman–Crippen MR) is 133 cm³/mol. The highest BCUT2D eigenvalue weighted by atomic mass is 32.2. The van der Waals surface area contributed by atoms with Gasteiger partial charge >= 0.3 is 0 Å². The van der Waals surface area contributed by atoms with Crippen molar-refractivity contribution < 1.29 is 9.59 Å². The number of carbonyl (C=O) groups excluding carboxylic acids is 2. The van der Waals surface area contributed by atoms with Gasteiger partial charge in [-0.1, -0.05) is 36.4 Å². The fourth-order valence-electron chi connectivity index (χ4n) is 3.91. The van der Waals surface area contributed by atoms with Gasteiger partial charge in [0.2, 0.25) is 11.8 Å². The minimum Gasteiger partial charge on any atom is -0.326 e. The van der Waals surface area contributed by atoms with Gasteiger partial charge < -0.3 is 10.6 Å². The molecule has 3 aromatic rings. The first-order chi connectivity index (χ1) is 16.2. The number of rotatable bonds is 8. The van der Waals surface area contributed by atoms with Crippen molar-refractivity contribution in [2.24, 2.45) is 5.92 Å². The largest absolute Gasteiger partial charge is 0.326 e. The minimum atomic E-state index is -0.112. The molecule has 2 heterocycles. The van der Waals surface area contributed by atoms with E-state index in [1.165, 1.54) is 0 Å². The van der Waals surface area contributed by atoms with Gasteiger partial charge in [0.1, 0.15) is 0 Å². The highest BCUT2D eigenvalue weighted by molar-refractivity contribution is 7.98. The average molecular weight is 461 g/mol. The van der Waals surface area contributed by atoms with Crippen LogP contribution in [0.1, 0.15) is 18.4 Å². The Morgan fingerprint density at radius 2 is 1.79 bits per heavy atom. The standard InChI is InChI=1S/C26H28N4O2S/c31-24(28-23-12-6-8-20(16-23)19-33-25-13-4-5-14-27-25)18-30-15-7-9-21(17-30)26(32)29-22-10-2-1-3-11-22/h1-6,8,10-14,16,21H,7,9,15,17-19H2,(H,28,31)(H,29,32). The van der Waals surface area contributed by atoms with Crippen LogP contribution >= 0.6 is 11.8 Å². The van der Waals surface area contributed by atoms with Crippen LogP contribution in [-0.4, -0.2) is 41.3 Å². The molecule has 0 bridgehead atoms. The monoisotopic (exact) mass is 460 g/mol. The summed E-state index contributed by atoms with van der Waals surface area (Å²) >= 11 is 1.66. The van der Waals surface area contributed by atoms with Crippen molar-refractivity contribution in [2.75, 3.05) is 30.3 Å². The number of nitrogens with zero attached hydrogens (tertiary/aromatic N) is 2. The van der Waals surface area contributed by atoms with E-state index in [1.54, 1.807) is 18.0 Å². The Bertz CT molecular complexity index is 1060. The lowest BCUT2D eigenvalue weighted by Gasteiger charge is -2.31. The number of amides is 2. The van der Waals surface area contributed by atoms with E-state index in [9.17, 15) is 9.59 Å². The zero-order valence-electron chi connectivity index (χ0n) is 18.4. The van der Waals surface area contributed by atoms with Crippen LogP contribution in [0.5, 0.6) is 0 Å². The van der Waals surface area contributed by atoms with Crippen molar-refractivity contribution in [2.45, 2.75) is 23.6 Å². The van der Waals surface area contributed by atoms with E-state index in [0.717, 1.165) is 47.1 Å². The van der Waals surface area contributed by atoms with Crippen molar-refractivity contribution in [1.29, 1.82) is 0 Å². The van der Waals surface area contributed by atoms with Crippen LogP contribution in [0.3, 0.4) is 0 Å². The molecule has 6 nitrogen and oxygen atoms in total. The number of hydrogen-bond donors (Lipinski definition) is 2. The Morgan fingerprint density at radius 3 is 2.61 bits per heavy atom. The van der Waals surface area contributed by atoms with E-state index < -0.39 is 0 Å². The minimum absolute atomic E-state index is 0.0180. The summed E-state index contributed by atoms with van der Waals surface area (Å²) in [5, 5.41) is 6.96. The van der Waals surface area contributed by atoms with E-state index in [-0.39, 0.29) is 24.3 Å². The molecule has 1 saturated heterocycles. The molecule has 2 aromatic carbocycles. The molecule has 2 amide bonds. The van der Waals surface area contributed by atoms with Crippen LogP contribution in [0.15, 0.2) is 84.0 Å². The van der Waals surface area contributed by atoms with Crippen molar-refractivity contribution in [3.63, 3.8) is 0 Å². The lowest BCUT2D eigenvalue weighted by atomic mass is 9.97. The maximum absolute atomic E-state index is 12.7. The summed E-state index contributed by atoms with van der Waals surface area (Å²) in [6.45, 7) is 1.69. The second-order valence-corrected chi connectivity index (χ2v) is 9.13. The first-order valence-corrected chi connectivity index (χ1v) is 12.2. The van der Waals surface area contributed by atoms with E-state index in [4.69, 9.17) is 0 Å². The van der Waals surface area contributed by atoms with Crippen molar-refractivity contribution >= 4 is 35.0 Å². The van der Waals surface area contributed by atoms with Crippen LogP contribution in [0.4, 0.5) is 11.4 Å². The van der Waals surface area contributed by atoms with Crippen LogP contribution in [0.25, 0.3) is 0 Å². The molecule has 0 aliphatic carbocycles. The summed E-state index contributed by atoms with van der Waals surface area (Å²) in [6.07, 6.45) is 3.53. The highest BCUT2D eigenvalue weighted by Gasteiger charge is 2.27. The summed E-state index contributed by atoms with van der Waals surface area (Å²) in [7, 11) is 0. The maximum Gasteiger partial charge on any atom is 0.238 e. The number of piperidine rings is 1. The van der Waals surface area contributed by atoms with Gasteiger partial charge in [-0.2, -0.15) is 0 Å². The number of benzene rings is 2. The molecule has 7 heteroatoms. The van der Waals surface area contributed by atoms with E-state index >= 15 is 0 Å². The molecule has 0 spiro atoms. The topological polar surface area (TPSA) is 74.3 Å². The zero-order valence-corrected chi connectivity index (χ0v) is 19.3. The molecule has 1 aliphatic rings. The zero-order chi connectivity index (χ0) is 22.9. The number of para-hydroxylation sites is 1. The fourth-order valence-corrected chi connectivity index (χ4v) is 4.72. The van der Waals surface area contributed by atoms with E-state index in [0.29, 0.717) is 6.54 Å². The molecule has 0 saturated carbocycles. The molecular formula is C26H28N4O2S. The van der Waals surface area contributed by atoms with Crippen LogP contribution in [-0.2, 0) is 15.3 Å². The normalized spacial score (nSPS) is 16.2. The number of nitrogens with one attached hydrogen (secondary N) is 2. The summed E-state index contributed by atoms with van der Waals surface area (Å²) in [4.78, 5) is 31.7. The molecule has 170 valence electrons. The van der Waals surface area contributed by atoms with Crippen molar-refractivity contribution in [3.05, 3.63) is 84.6 Å². The van der Waals surface area contributed by atoms with Crippen LogP contribution < -0.4 is 10.6 Å². The smallest absolute Gasteiger partial charge is 0.238 e. The van der Waals surface area contributed by atoms with Crippen LogP contribution in [0, 0.1) is 5.92 Å². The highest BCUT2D eigenvalue weighted by Crippen LogP contribution is 2.22. The first kappa shape index (κ1) is 23.0. The van der Waals surface area contributed by atoms with Gasteiger partial charge in [0.15, 0.2) is 0 Å². The second-order valence-electron chi connectivity index (χ2n) is 8.13. The summed E-state index contributed by atoms with van der Waals surface area (Å²) in [6, 6.07) is 23.3. The molecule has 2 N–H and O–H groups in total. The maximum atomic E-state index is 12.7. The number of thioether (sulfide) groups is 1. The lowest BCUT2D eigenvalue weighted by Crippen LogP contribution is -2.43. The quantitative estimate of drug-likeness (QED) is 0.478. The summed E-state index contributed by atoms with van der Waals surface area (Å²) in [5.41, 5.74) is 2.71. The molecule has 4 rings (SSSR count). The SMILES string of the molecule is O=C(CN1CCCC(C(=O)Nc2ccccc2)C1)Nc1cccc(CSc2ccccn2)c1. The van der Waals surface area contributed by atoms with Gasteiger partial charge in [0.25, 0.3) is 0 Å².